The van der Waals surface area contributed by atoms with Gasteiger partial charge in [-0.3, -0.25) is 9.59 Å². The Hall–Kier alpha value is -2.76. The Balaban J connectivity index is 1.84. The molecule has 4 nitrogen and oxygen atoms in total. The molecule has 2 amide bonds. The fourth-order valence-corrected chi connectivity index (χ4v) is 3.00. The maximum Gasteiger partial charge on any atom is 0.254 e. The van der Waals surface area contributed by atoms with Crippen molar-refractivity contribution in [2.45, 2.75) is 19.9 Å². The molecular weight excluding hydrogens is 326 g/mol. The number of aryl methyl sites for hydroxylation is 1. The molecule has 130 valence electrons. The van der Waals surface area contributed by atoms with Crippen molar-refractivity contribution in [3.8, 4) is 0 Å². The van der Waals surface area contributed by atoms with Crippen molar-refractivity contribution in [3.63, 3.8) is 0 Å². The lowest BCUT2D eigenvalue weighted by atomic mass is 10.1. The molecule has 0 N–H and O–H groups in total. The Morgan fingerprint density at radius 1 is 1.12 bits per heavy atom. The molecule has 2 aromatic carbocycles. The van der Waals surface area contributed by atoms with Crippen LogP contribution in [0.2, 0.25) is 0 Å². The second kappa shape index (κ2) is 6.63. The summed E-state index contributed by atoms with van der Waals surface area (Å²) >= 11 is 0. The van der Waals surface area contributed by atoms with E-state index in [0.29, 0.717) is 0 Å². The molecule has 0 aromatic heterocycles. The molecule has 2 aromatic rings. The highest BCUT2D eigenvalue weighted by Gasteiger charge is 2.36. The molecule has 0 saturated carbocycles. The van der Waals surface area contributed by atoms with Crippen LogP contribution in [-0.2, 0) is 4.79 Å². The van der Waals surface area contributed by atoms with E-state index in [-0.39, 0.29) is 30.2 Å². The summed E-state index contributed by atoms with van der Waals surface area (Å²) in [4.78, 5) is 28.0. The molecule has 0 spiro atoms. The van der Waals surface area contributed by atoms with Crippen molar-refractivity contribution >= 4 is 17.5 Å². The van der Waals surface area contributed by atoms with Crippen LogP contribution in [-0.4, -0.2) is 35.8 Å². The minimum absolute atomic E-state index is 0.185. The quantitative estimate of drug-likeness (QED) is 0.840. The minimum Gasteiger partial charge on any atom is -0.325 e. The Bertz CT molecular complexity index is 838. The molecule has 1 aliphatic heterocycles. The molecule has 3 rings (SSSR count). The molecule has 1 aliphatic rings. The van der Waals surface area contributed by atoms with E-state index < -0.39 is 23.6 Å². The number of carbonyl (C=O) groups excluding carboxylic acids is 2. The smallest absolute Gasteiger partial charge is 0.254 e. The van der Waals surface area contributed by atoms with Gasteiger partial charge in [-0.1, -0.05) is 12.1 Å². The summed E-state index contributed by atoms with van der Waals surface area (Å²) in [6.45, 7) is 3.85. The fourth-order valence-electron chi connectivity index (χ4n) is 3.00. The van der Waals surface area contributed by atoms with E-state index in [1.807, 2.05) is 6.92 Å². The summed E-state index contributed by atoms with van der Waals surface area (Å²) in [7, 11) is 0. The van der Waals surface area contributed by atoms with Crippen molar-refractivity contribution in [2.24, 2.45) is 0 Å². The number of carbonyl (C=O) groups is 2. The van der Waals surface area contributed by atoms with Gasteiger partial charge in [0, 0.05) is 18.7 Å². The van der Waals surface area contributed by atoms with Gasteiger partial charge in [-0.25, -0.2) is 8.78 Å². The van der Waals surface area contributed by atoms with Crippen LogP contribution in [0.4, 0.5) is 14.5 Å². The van der Waals surface area contributed by atoms with Crippen LogP contribution in [0, 0.1) is 18.6 Å². The average molecular weight is 344 g/mol. The maximum atomic E-state index is 14.1. The summed E-state index contributed by atoms with van der Waals surface area (Å²) < 4.78 is 27.5. The number of hydrogen-bond acceptors (Lipinski definition) is 2. The summed E-state index contributed by atoms with van der Waals surface area (Å²) in [5, 5.41) is 0. The van der Waals surface area contributed by atoms with Crippen molar-refractivity contribution in [1.29, 1.82) is 0 Å². The van der Waals surface area contributed by atoms with Crippen molar-refractivity contribution < 1.29 is 18.4 Å². The molecule has 1 atom stereocenters. The Labute approximate surface area is 144 Å². The zero-order valence-electron chi connectivity index (χ0n) is 14.0. The summed E-state index contributed by atoms with van der Waals surface area (Å²) in [6.07, 6.45) is 0. The number of piperazine rings is 1. The van der Waals surface area contributed by atoms with Crippen LogP contribution in [0.25, 0.3) is 0 Å². The van der Waals surface area contributed by atoms with Crippen LogP contribution >= 0.6 is 0 Å². The normalized spacial score (nSPS) is 17.8. The third kappa shape index (κ3) is 3.24. The first-order chi connectivity index (χ1) is 11.9. The van der Waals surface area contributed by atoms with Gasteiger partial charge in [-0.15, -0.1) is 0 Å². The molecule has 6 heteroatoms. The first kappa shape index (κ1) is 17.1. The van der Waals surface area contributed by atoms with E-state index in [1.54, 1.807) is 19.1 Å². The number of halogens is 2. The van der Waals surface area contributed by atoms with E-state index in [9.17, 15) is 18.4 Å². The molecular formula is C19H18F2N2O2. The number of benzene rings is 2. The van der Waals surface area contributed by atoms with Gasteiger partial charge in [-0.05, 0) is 49.7 Å². The zero-order valence-corrected chi connectivity index (χ0v) is 14.0. The summed E-state index contributed by atoms with van der Waals surface area (Å²) in [5.74, 6) is -1.76. The van der Waals surface area contributed by atoms with Crippen molar-refractivity contribution in [3.05, 3.63) is 65.2 Å². The fraction of sp³-hybridized carbons (Fsp3) is 0.263. The van der Waals surface area contributed by atoms with E-state index in [4.69, 9.17) is 0 Å². The SMILES string of the molecule is Cc1ccc(F)c(N2CCN(C(=O)c3cccc(F)c3)[C@H](C)C2=O)c1. The van der Waals surface area contributed by atoms with E-state index in [1.165, 1.54) is 34.1 Å². The van der Waals surface area contributed by atoms with Gasteiger partial charge < -0.3 is 9.80 Å². The Morgan fingerprint density at radius 3 is 2.60 bits per heavy atom. The minimum atomic E-state index is -0.760. The molecule has 25 heavy (non-hydrogen) atoms. The van der Waals surface area contributed by atoms with E-state index in [2.05, 4.69) is 0 Å². The second-order valence-corrected chi connectivity index (χ2v) is 6.13. The lowest BCUT2D eigenvalue weighted by Gasteiger charge is -2.39. The number of hydrogen-bond donors (Lipinski definition) is 0. The van der Waals surface area contributed by atoms with Crippen LogP contribution in [0.3, 0.4) is 0 Å². The van der Waals surface area contributed by atoms with Crippen molar-refractivity contribution in [1.82, 2.24) is 4.90 Å². The van der Waals surface area contributed by atoms with Crippen molar-refractivity contribution in [2.75, 3.05) is 18.0 Å². The van der Waals surface area contributed by atoms with Crippen LogP contribution < -0.4 is 4.90 Å². The Kier molecular flexibility index (Phi) is 4.53. The van der Waals surface area contributed by atoms with Gasteiger partial charge in [0.25, 0.3) is 5.91 Å². The molecule has 0 radical (unpaired) electrons. The van der Waals surface area contributed by atoms with Crippen LogP contribution in [0.5, 0.6) is 0 Å². The highest BCUT2D eigenvalue weighted by Crippen LogP contribution is 2.25. The summed E-state index contributed by atoms with van der Waals surface area (Å²) in [6, 6.07) is 9.18. The van der Waals surface area contributed by atoms with Crippen LogP contribution in [0.15, 0.2) is 42.5 Å². The Morgan fingerprint density at radius 2 is 1.88 bits per heavy atom. The van der Waals surface area contributed by atoms with Gasteiger partial charge in [0.1, 0.15) is 17.7 Å². The van der Waals surface area contributed by atoms with Gasteiger partial charge in [0.2, 0.25) is 5.91 Å². The third-order valence-corrected chi connectivity index (χ3v) is 4.38. The van der Waals surface area contributed by atoms with Crippen LogP contribution in [0.1, 0.15) is 22.8 Å². The molecule has 0 bridgehead atoms. The number of anilines is 1. The molecule has 1 fully saturated rings. The average Bonchev–Trinajstić information content (AvgIpc) is 2.59. The first-order valence-corrected chi connectivity index (χ1v) is 8.02. The molecule has 0 unspecified atom stereocenters. The molecule has 0 aliphatic carbocycles. The van der Waals surface area contributed by atoms with Gasteiger partial charge in [-0.2, -0.15) is 0 Å². The predicted molar refractivity (Wildman–Crippen MR) is 90.4 cm³/mol. The number of nitrogens with zero attached hydrogens (tertiary/aromatic N) is 2. The lowest BCUT2D eigenvalue weighted by molar-refractivity contribution is -0.124. The standard InChI is InChI=1S/C19H18F2N2O2/c1-12-6-7-16(21)17(10-12)23-9-8-22(13(2)18(23)24)19(25)14-4-3-5-15(20)11-14/h3-7,10-11,13H,8-9H2,1-2H3/t13-/m1/s1. The van der Waals surface area contributed by atoms with E-state index >= 15 is 0 Å². The number of rotatable bonds is 2. The van der Waals surface area contributed by atoms with E-state index in [0.717, 1.165) is 11.6 Å². The highest BCUT2D eigenvalue weighted by atomic mass is 19.1. The molecule has 1 heterocycles. The molecule has 1 saturated heterocycles. The lowest BCUT2D eigenvalue weighted by Crippen LogP contribution is -2.58. The van der Waals surface area contributed by atoms with Gasteiger partial charge in [0.15, 0.2) is 0 Å². The van der Waals surface area contributed by atoms with Gasteiger partial charge >= 0.3 is 0 Å². The number of amides is 2. The topological polar surface area (TPSA) is 40.6 Å². The highest BCUT2D eigenvalue weighted by molar-refractivity contribution is 6.03. The summed E-state index contributed by atoms with van der Waals surface area (Å²) in [5.41, 5.74) is 1.25. The monoisotopic (exact) mass is 344 g/mol. The largest absolute Gasteiger partial charge is 0.325 e. The first-order valence-electron chi connectivity index (χ1n) is 8.02. The maximum absolute atomic E-state index is 14.1. The second-order valence-electron chi connectivity index (χ2n) is 6.13. The van der Waals surface area contributed by atoms with Gasteiger partial charge in [0.05, 0.1) is 5.69 Å². The third-order valence-electron chi connectivity index (χ3n) is 4.38. The zero-order chi connectivity index (χ0) is 18.1. The predicted octanol–water partition coefficient (Wildman–Crippen LogP) is 3.15.